The summed E-state index contributed by atoms with van der Waals surface area (Å²) in [5.41, 5.74) is 2.95. The number of thioether (sulfide) groups is 1. The molecule has 0 aliphatic carbocycles. The maximum Gasteiger partial charge on any atom is 0.223 e. The molecule has 0 saturated carbocycles. The largest absolute Gasteiger partial charge is 0.302 e. The fraction of sp³-hybridized carbons (Fsp3) is 0.214. The van der Waals surface area contributed by atoms with Crippen molar-refractivity contribution in [3.63, 3.8) is 0 Å². The number of aromatic nitrogens is 5. The van der Waals surface area contributed by atoms with E-state index in [9.17, 15) is 4.79 Å². The number of rotatable bonds is 5. The van der Waals surface area contributed by atoms with Gasteiger partial charge in [0.05, 0.1) is 11.4 Å². The highest BCUT2D eigenvalue weighted by atomic mass is 32.2. The number of nitrogens with zero attached hydrogens (tertiary/aromatic N) is 5. The minimum Gasteiger partial charge on any atom is -0.302 e. The van der Waals surface area contributed by atoms with Gasteiger partial charge >= 0.3 is 0 Å². The molecule has 0 radical (unpaired) electrons. The van der Waals surface area contributed by atoms with Gasteiger partial charge < -0.3 is 5.32 Å². The number of carbonyl (C=O) groups is 1. The smallest absolute Gasteiger partial charge is 0.223 e. The summed E-state index contributed by atoms with van der Waals surface area (Å²) in [6.07, 6.45) is 0. The van der Waals surface area contributed by atoms with Gasteiger partial charge in [-0.05, 0) is 35.0 Å². The van der Waals surface area contributed by atoms with Gasteiger partial charge in [-0.3, -0.25) is 4.79 Å². The lowest BCUT2D eigenvalue weighted by Gasteiger charge is -2.04. The molecule has 23 heavy (non-hydrogen) atoms. The molecule has 1 N–H and O–H groups in total. The van der Waals surface area contributed by atoms with E-state index < -0.39 is 0 Å². The Balaban J connectivity index is 1.71. The number of thiazole rings is 1. The Morgan fingerprint density at radius 3 is 3.09 bits per heavy atom. The Morgan fingerprint density at radius 1 is 1.43 bits per heavy atom. The summed E-state index contributed by atoms with van der Waals surface area (Å²) in [7, 11) is 0. The molecule has 9 heteroatoms. The minimum atomic E-state index is -0.123. The van der Waals surface area contributed by atoms with Crippen LogP contribution in [0.25, 0.3) is 5.69 Å². The predicted molar refractivity (Wildman–Crippen MR) is 89.9 cm³/mol. The van der Waals surface area contributed by atoms with Gasteiger partial charge in [-0.15, -0.1) is 16.4 Å². The lowest BCUT2D eigenvalue weighted by Crippen LogP contribution is -2.05. The first kappa shape index (κ1) is 15.6. The molecule has 0 unspecified atom stereocenters. The third-order valence-electron chi connectivity index (χ3n) is 2.87. The second-order valence-electron chi connectivity index (χ2n) is 4.83. The summed E-state index contributed by atoms with van der Waals surface area (Å²) >= 11 is 2.90. The molecule has 2 heterocycles. The van der Waals surface area contributed by atoms with E-state index in [1.165, 1.54) is 30.0 Å². The molecule has 118 valence electrons. The van der Waals surface area contributed by atoms with Gasteiger partial charge in [-0.25, -0.2) is 4.98 Å². The van der Waals surface area contributed by atoms with Crippen LogP contribution < -0.4 is 5.32 Å². The maximum atomic E-state index is 11.0. The molecule has 2 aromatic heterocycles. The van der Waals surface area contributed by atoms with E-state index in [0.717, 1.165) is 16.9 Å². The van der Waals surface area contributed by atoms with Crippen LogP contribution >= 0.6 is 23.1 Å². The molecular weight excluding hydrogens is 332 g/mol. The van der Waals surface area contributed by atoms with Crippen molar-refractivity contribution in [3.8, 4) is 5.69 Å². The first-order valence-electron chi connectivity index (χ1n) is 6.82. The number of amides is 1. The van der Waals surface area contributed by atoms with Crippen molar-refractivity contribution in [2.24, 2.45) is 0 Å². The van der Waals surface area contributed by atoms with Crippen molar-refractivity contribution < 1.29 is 4.79 Å². The summed E-state index contributed by atoms with van der Waals surface area (Å²) in [6, 6.07) is 7.99. The molecule has 0 atom stereocenters. The number of hydrogen-bond acceptors (Lipinski definition) is 7. The molecular formula is C14H14N6OS2. The molecule has 0 aliphatic rings. The number of nitrogens with one attached hydrogen (secondary N) is 1. The number of benzene rings is 1. The monoisotopic (exact) mass is 346 g/mol. The third kappa shape index (κ3) is 3.93. The summed E-state index contributed by atoms with van der Waals surface area (Å²) in [5.74, 6) is 0.504. The van der Waals surface area contributed by atoms with Gasteiger partial charge in [0.2, 0.25) is 11.1 Å². The normalized spacial score (nSPS) is 10.7. The first-order valence-corrected chi connectivity index (χ1v) is 8.68. The molecule has 0 bridgehead atoms. The van der Waals surface area contributed by atoms with Gasteiger partial charge in [0, 0.05) is 18.1 Å². The van der Waals surface area contributed by atoms with E-state index in [4.69, 9.17) is 0 Å². The Bertz CT molecular complexity index is 828. The Morgan fingerprint density at radius 2 is 2.30 bits per heavy atom. The fourth-order valence-electron chi connectivity index (χ4n) is 1.91. The molecule has 3 rings (SSSR count). The van der Waals surface area contributed by atoms with Crippen molar-refractivity contribution in [2.45, 2.75) is 24.8 Å². The Kier molecular flexibility index (Phi) is 4.68. The second-order valence-corrected chi connectivity index (χ2v) is 6.63. The van der Waals surface area contributed by atoms with Crippen molar-refractivity contribution in [1.29, 1.82) is 0 Å². The summed E-state index contributed by atoms with van der Waals surface area (Å²) in [5, 5.41) is 17.8. The average molecular weight is 346 g/mol. The van der Waals surface area contributed by atoms with E-state index >= 15 is 0 Å². The molecule has 7 nitrogen and oxygen atoms in total. The number of aryl methyl sites for hydroxylation is 1. The highest BCUT2D eigenvalue weighted by Gasteiger charge is 2.11. The zero-order valence-electron chi connectivity index (χ0n) is 12.6. The van der Waals surface area contributed by atoms with Crippen LogP contribution in [0, 0.1) is 6.92 Å². The van der Waals surface area contributed by atoms with Crippen molar-refractivity contribution in [2.75, 3.05) is 5.32 Å². The van der Waals surface area contributed by atoms with Gasteiger partial charge in [-0.1, -0.05) is 23.9 Å². The molecule has 0 saturated heterocycles. The Hall–Kier alpha value is -2.26. The predicted octanol–water partition coefficient (Wildman–Crippen LogP) is 2.68. The van der Waals surface area contributed by atoms with Crippen LogP contribution in [0.3, 0.4) is 0 Å². The lowest BCUT2D eigenvalue weighted by molar-refractivity contribution is -0.114. The van der Waals surface area contributed by atoms with Crippen LogP contribution in [0.1, 0.15) is 18.2 Å². The van der Waals surface area contributed by atoms with Crippen molar-refractivity contribution in [1.82, 2.24) is 25.2 Å². The van der Waals surface area contributed by atoms with E-state index in [-0.39, 0.29) is 5.91 Å². The zero-order valence-corrected chi connectivity index (χ0v) is 14.2. The Labute approximate surface area is 141 Å². The summed E-state index contributed by atoms with van der Waals surface area (Å²) in [6.45, 7) is 3.49. The standard InChI is InChI=1S/C14H14N6OS2/c1-9-4-3-5-12(6-9)20-14(17-18-19-20)23-8-11-7-22-13(16-11)15-10(2)21/h3-7H,8H2,1-2H3,(H,15,16,21). The topological polar surface area (TPSA) is 85.6 Å². The van der Waals surface area contributed by atoms with Crippen molar-refractivity contribution in [3.05, 3.63) is 40.9 Å². The summed E-state index contributed by atoms with van der Waals surface area (Å²) in [4.78, 5) is 15.4. The average Bonchev–Trinajstić information content (AvgIpc) is 3.13. The van der Waals surface area contributed by atoms with Crippen LogP contribution in [-0.2, 0) is 10.5 Å². The highest BCUT2D eigenvalue weighted by Crippen LogP contribution is 2.25. The molecule has 1 amide bonds. The summed E-state index contributed by atoms with van der Waals surface area (Å²) < 4.78 is 1.71. The van der Waals surface area contributed by atoms with Gasteiger partial charge in [0.25, 0.3) is 0 Å². The van der Waals surface area contributed by atoms with E-state index in [1.807, 2.05) is 36.6 Å². The third-order valence-corrected chi connectivity index (χ3v) is 4.63. The first-order chi connectivity index (χ1) is 11.1. The zero-order chi connectivity index (χ0) is 16.2. The molecule has 3 aromatic rings. The van der Waals surface area contributed by atoms with Crippen LogP contribution in [-0.4, -0.2) is 31.1 Å². The SMILES string of the molecule is CC(=O)Nc1nc(CSc2nnnn2-c2cccc(C)c2)cs1. The molecule has 1 aromatic carbocycles. The molecule has 0 aliphatic heterocycles. The van der Waals surface area contributed by atoms with Crippen molar-refractivity contribution >= 4 is 34.1 Å². The van der Waals surface area contributed by atoms with Gasteiger partial charge in [0.1, 0.15) is 0 Å². The van der Waals surface area contributed by atoms with Gasteiger partial charge in [-0.2, -0.15) is 4.68 Å². The minimum absolute atomic E-state index is 0.123. The quantitative estimate of drug-likeness (QED) is 0.715. The number of anilines is 1. The van der Waals surface area contributed by atoms with Crippen LogP contribution in [0.5, 0.6) is 0 Å². The number of carbonyl (C=O) groups excluding carboxylic acids is 1. The fourth-order valence-corrected chi connectivity index (χ4v) is 3.56. The van der Waals surface area contributed by atoms with E-state index in [1.54, 1.807) is 4.68 Å². The molecule has 0 spiro atoms. The van der Waals surface area contributed by atoms with E-state index in [0.29, 0.717) is 16.0 Å². The van der Waals surface area contributed by atoms with Crippen LogP contribution in [0.4, 0.5) is 5.13 Å². The van der Waals surface area contributed by atoms with Crippen LogP contribution in [0.2, 0.25) is 0 Å². The molecule has 0 fully saturated rings. The lowest BCUT2D eigenvalue weighted by atomic mass is 10.2. The number of hydrogen-bond donors (Lipinski definition) is 1. The van der Waals surface area contributed by atoms with Gasteiger partial charge in [0.15, 0.2) is 5.13 Å². The van der Waals surface area contributed by atoms with Crippen LogP contribution in [0.15, 0.2) is 34.8 Å². The number of tetrazole rings is 1. The maximum absolute atomic E-state index is 11.0. The highest BCUT2D eigenvalue weighted by molar-refractivity contribution is 7.98. The second kappa shape index (κ2) is 6.88. The van der Waals surface area contributed by atoms with E-state index in [2.05, 4.69) is 25.8 Å².